The molecule has 1 aromatic rings. The number of morpholine rings is 1. The first-order valence-electron chi connectivity index (χ1n) is 4.79. The number of carbonyl (C=O) groups is 2. The molecule has 0 aromatic heterocycles. The maximum atomic E-state index is 11.6. The summed E-state index contributed by atoms with van der Waals surface area (Å²) in [5.74, 6) is -0.662. The van der Waals surface area contributed by atoms with Gasteiger partial charge in [-0.15, -0.1) is 0 Å². The largest absolute Gasteiger partial charge is 0.362 e. The van der Waals surface area contributed by atoms with E-state index >= 15 is 0 Å². The van der Waals surface area contributed by atoms with Crippen LogP contribution >= 0.6 is 15.9 Å². The Balaban J connectivity index is 2.45. The minimum atomic E-state index is -0.331. The van der Waals surface area contributed by atoms with Gasteiger partial charge in [0.15, 0.2) is 0 Å². The van der Waals surface area contributed by atoms with Crippen molar-refractivity contribution in [2.24, 2.45) is 0 Å². The molecule has 0 N–H and O–H groups in total. The molecule has 1 aromatic carbocycles. The minimum Gasteiger partial charge on any atom is -0.362 e. The third-order valence-corrected chi connectivity index (χ3v) is 2.96. The molecule has 0 spiro atoms. The Morgan fingerprint density at radius 3 is 2.50 bits per heavy atom. The molecule has 0 atom stereocenters. The number of hydrogen-bond acceptors (Lipinski definition) is 3. The highest BCUT2D eigenvalue weighted by Crippen LogP contribution is 2.28. The van der Waals surface area contributed by atoms with Crippen LogP contribution in [0.4, 0.5) is 5.69 Å². The van der Waals surface area contributed by atoms with Crippen molar-refractivity contribution in [3.63, 3.8) is 0 Å². The number of aryl methyl sites for hydroxylation is 1. The van der Waals surface area contributed by atoms with Gasteiger partial charge in [-0.25, -0.2) is 4.90 Å². The molecule has 1 saturated heterocycles. The molecular weight excluding hydrogens is 274 g/mol. The number of imide groups is 1. The predicted molar refractivity (Wildman–Crippen MR) is 62.2 cm³/mol. The van der Waals surface area contributed by atoms with Gasteiger partial charge in [-0.2, -0.15) is 0 Å². The summed E-state index contributed by atoms with van der Waals surface area (Å²) in [6.07, 6.45) is 0. The second-order valence-corrected chi connectivity index (χ2v) is 4.42. The number of nitrogens with zero attached hydrogens (tertiary/aromatic N) is 1. The monoisotopic (exact) mass is 283 g/mol. The number of rotatable bonds is 1. The lowest BCUT2D eigenvalue weighted by Gasteiger charge is -2.26. The first kappa shape index (κ1) is 11.3. The van der Waals surface area contributed by atoms with Crippen molar-refractivity contribution >= 4 is 33.4 Å². The molecule has 1 heterocycles. The van der Waals surface area contributed by atoms with Gasteiger partial charge in [0.2, 0.25) is 0 Å². The van der Waals surface area contributed by atoms with Gasteiger partial charge in [-0.3, -0.25) is 9.59 Å². The van der Waals surface area contributed by atoms with E-state index in [0.29, 0.717) is 5.69 Å². The number of halogens is 1. The van der Waals surface area contributed by atoms with Crippen LogP contribution in [0.25, 0.3) is 0 Å². The molecule has 1 aliphatic rings. The molecule has 0 unspecified atom stereocenters. The van der Waals surface area contributed by atoms with E-state index in [9.17, 15) is 9.59 Å². The van der Waals surface area contributed by atoms with Crippen LogP contribution in [0.1, 0.15) is 5.56 Å². The van der Waals surface area contributed by atoms with E-state index in [4.69, 9.17) is 4.74 Å². The Morgan fingerprint density at radius 2 is 1.88 bits per heavy atom. The van der Waals surface area contributed by atoms with Crippen LogP contribution < -0.4 is 4.90 Å². The van der Waals surface area contributed by atoms with Crippen molar-refractivity contribution in [1.29, 1.82) is 0 Å². The quantitative estimate of drug-likeness (QED) is 0.737. The first-order chi connectivity index (χ1) is 7.59. The standard InChI is InChI=1S/C11H10BrNO3/c1-7-2-3-8(12)9(4-7)13-10(14)5-16-6-11(13)15/h2-4H,5-6H2,1H3. The second kappa shape index (κ2) is 4.35. The summed E-state index contributed by atoms with van der Waals surface area (Å²) in [5.41, 5.74) is 1.57. The summed E-state index contributed by atoms with van der Waals surface area (Å²) in [5, 5.41) is 0. The maximum absolute atomic E-state index is 11.6. The predicted octanol–water partition coefficient (Wildman–Crippen LogP) is 1.65. The van der Waals surface area contributed by atoms with E-state index in [-0.39, 0.29) is 25.0 Å². The van der Waals surface area contributed by atoms with Crippen LogP contribution in [-0.4, -0.2) is 25.0 Å². The van der Waals surface area contributed by atoms with Crippen LogP contribution in [0.2, 0.25) is 0 Å². The number of benzene rings is 1. The molecule has 4 nitrogen and oxygen atoms in total. The van der Waals surface area contributed by atoms with Gasteiger partial charge in [-0.05, 0) is 40.5 Å². The van der Waals surface area contributed by atoms with Crippen LogP contribution in [0.15, 0.2) is 22.7 Å². The van der Waals surface area contributed by atoms with Gasteiger partial charge in [-0.1, -0.05) is 6.07 Å². The summed E-state index contributed by atoms with van der Waals surface area (Å²) >= 11 is 3.33. The molecule has 0 bridgehead atoms. The fourth-order valence-electron chi connectivity index (χ4n) is 1.56. The van der Waals surface area contributed by atoms with E-state index in [2.05, 4.69) is 15.9 Å². The third-order valence-electron chi connectivity index (χ3n) is 2.29. The Kier molecular flexibility index (Phi) is 3.07. The highest BCUT2D eigenvalue weighted by Gasteiger charge is 2.29. The van der Waals surface area contributed by atoms with E-state index < -0.39 is 0 Å². The summed E-state index contributed by atoms with van der Waals surface area (Å²) < 4.78 is 5.58. The number of hydrogen-bond donors (Lipinski definition) is 0. The first-order valence-corrected chi connectivity index (χ1v) is 5.58. The van der Waals surface area contributed by atoms with Gasteiger partial charge in [0.1, 0.15) is 13.2 Å². The molecule has 2 amide bonds. The Labute approximate surface area is 101 Å². The smallest absolute Gasteiger partial charge is 0.259 e. The number of amides is 2. The molecule has 84 valence electrons. The van der Waals surface area contributed by atoms with Crippen LogP contribution in [-0.2, 0) is 14.3 Å². The topological polar surface area (TPSA) is 46.6 Å². The van der Waals surface area contributed by atoms with Crippen molar-refractivity contribution in [2.45, 2.75) is 6.92 Å². The molecule has 5 heteroatoms. The lowest BCUT2D eigenvalue weighted by Crippen LogP contribution is -2.46. The van der Waals surface area contributed by atoms with Crippen molar-refractivity contribution in [3.05, 3.63) is 28.2 Å². The Morgan fingerprint density at radius 1 is 1.25 bits per heavy atom. The van der Waals surface area contributed by atoms with Crippen molar-refractivity contribution in [2.75, 3.05) is 18.1 Å². The lowest BCUT2D eigenvalue weighted by atomic mass is 10.2. The zero-order valence-electron chi connectivity index (χ0n) is 8.70. The fraction of sp³-hybridized carbons (Fsp3) is 0.273. The van der Waals surface area contributed by atoms with Gasteiger partial charge < -0.3 is 4.74 Å². The molecule has 0 radical (unpaired) electrons. The number of anilines is 1. The normalized spacial score (nSPS) is 16.8. The van der Waals surface area contributed by atoms with Crippen molar-refractivity contribution in [3.8, 4) is 0 Å². The van der Waals surface area contributed by atoms with Gasteiger partial charge in [0, 0.05) is 4.47 Å². The number of carbonyl (C=O) groups excluding carboxylic acids is 2. The lowest BCUT2D eigenvalue weighted by molar-refractivity contribution is -0.138. The zero-order chi connectivity index (χ0) is 11.7. The number of ether oxygens (including phenoxy) is 1. The summed E-state index contributed by atoms with van der Waals surface area (Å²) in [4.78, 5) is 24.4. The molecule has 16 heavy (non-hydrogen) atoms. The average molecular weight is 284 g/mol. The molecular formula is C11H10BrNO3. The second-order valence-electron chi connectivity index (χ2n) is 3.57. The van der Waals surface area contributed by atoms with E-state index in [1.165, 1.54) is 4.90 Å². The fourth-order valence-corrected chi connectivity index (χ4v) is 1.98. The molecule has 0 saturated carbocycles. The van der Waals surface area contributed by atoms with Crippen LogP contribution in [0, 0.1) is 6.92 Å². The molecule has 0 aliphatic carbocycles. The Hall–Kier alpha value is -1.20. The summed E-state index contributed by atoms with van der Waals surface area (Å²) in [6.45, 7) is 1.81. The maximum Gasteiger partial charge on any atom is 0.259 e. The summed E-state index contributed by atoms with van der Waals surface area (Å²) in [6, 6.07) is 5.52. The van der Waals surface area contributed by atoms with Crippen LogP contribution in [0.5, 0.6) is 0 Å². The summed E-state index contributed by atoms with van der Waals surface area (Å²) in [7, 11) is 0. The van der Waals surface area contributed by atoms with Gasteiger partial charge in [0.25, 0.3) is 11.8 Å². The Bertz CT molecular complexity index is 443. The zero-order valence-corrected chi connectivity index (χ0v) is 10.3. The van der Waals surface area contributed by atoms with Gasteiger partial charge >= 0.3 is 0 Å². The molecule has 1 fully saturated rings. The van der Waals surface area contributed by atoms with E-state index in [1.807, 2.05) is 19.1 Å². The third kappa shape index (κ3) is 2.01. The molecule has 2 rings (SSSR count). The SMILES string of the molecule is Cc1ccc(Br)c(N2C(=O)COCC2=O)c1. The van der Waals surface area contributed by atoms with Crippen LogP contribution in [0.3, 0.4) is 0 Å². The van der Waals surface area contributed by atoms with E-state index in [0.717, 1.165) is 10.0 Å². The highest BCUT2D eigenvalue weighted by atomic mass is 79.9. The van der Waals surface area contributed by atoms with Crippen molar-refractivity contribution in [1.82, 2.24) is 0 Å². The minimum absolute atomic E-state index is 0.0495. The molecule has 1 aliphatic heterocycles. The van der Waals surface area contributed by atoms with Crippen molar-refractivity contribution < 1.29 is 14.3 Å². The van der Waals surface area contributed by atoms with E-state index in [1.54, 1.807) is 6.07 Å². The van der Waals surface area contributed by atoms with Gasteiger partial charge in [0.05, 0.1) is 5.69 Å². The highest BCUT2D eigenvalue weighted by molar-refractivity contribution is 9.10. The average Bonchev–Trinajstić information content (AvgIpc) is 2.23.